The zero-order chi connectivity index (χ0) is 10.5. The number of furan rings is 1. The van der Waals surface area contributed by atoms with Gasteiger partial charge in [0.05, 0.1) is 30.3 Å². The van der Waals surface area contributed by atoms with Gasteiger partial charge in [0.2, 0.25) is 0 Å². The Morgan fingerprint density at radius 2 is 2.47 bits per heavy atom. The highest BCUT2D eigenvalue weighted by Gasteiger charge is 1.96. The highest BCUT2D eigenvalue weighted by molar-refractivity contribution is 6.30. The molecule has 0 radical (unpaired) electrons. The number of hydrogen-bond donors (Lipinski definition) is 1. The molecule has 0 amide bonds. The molecule has 0 aliphatic heterocycles. The van der Waals surface area contributed by atoms with E-state index in [1.807, 2.05) is 10.7 Å². The van der Waals surface area contributed by atoms with Crippen LogP contribution in [0.1, 0.15) is 5.56 Å². The number of halogens is 1. The molecule has 2 aromatic rings. The lowest BCUT2D eigenvalue weighted by molar-refractivity contribution is 0.543. The molecule has 1 N–H and O–H groups in total. The lowest BCUT2D eigenvalue weighted by atomic mass is 10.3. The molecule has 5 heteroatoms. The predicted molar refractivity (Wildman–Crippen MR) is 57.7 cm³/mol. The third kappa shape index (κ3) is 3.11. The van der Waals surface area contributed by atoms with E-state index in [-0.39, 0.29) is 0 Å². The summed E-state index contributed by atoms with van der Waals surface area (Å²) in [6.45, 7) is 2.47. The molecule has 15 heavy (non-hydrogen) atoms. The molecule has 80 valence electrons. The summed E-state index contributed by atoms with van der Waals surface area (Å²) < 4.78 is 6.77. The van der Waals surface area contributed by atoms with Crippen LogP contribution in [0.5, 0.6) is 0 Å². The minimum absolute atomic E-state index is 0.671. The maximum Gasteiger partial charge on any atom is 0.0947 e. The molecule has 0 bridgehead atoms. The molecule has 0 spiro atoms. The van der Waals surface area contributed by atoms with Gasteiger partial charge in [0.15, 0.2) is 0 Å². The van der Waals surface area contributed by atoms with Crippen LogP contribution in [-0.2, 0) is 13.1 Å². The fourth-order valence-corrected chi connectivity index (χ4v) is 1.44. The van der Waals surface area contributed by atoms with Crippen molar-refractivity contribution < 1.29 is 4.42 Å². The summed E-state index contributed by atoms with van der Waals surface area (Å²) >= 11 is 5.74. The lowest BCUT2D eigenvalue weighted by Gasteiger charge is -2.02. The first-order valence-electron chi connectivity index (χ1n) is 4.74. The van der Waals surface area contributed by atoms with Gasteiger partial charge >= 0.3 is 0 Å². The quantitative estimate of drug-likeness (QED) is 0.791. The first-order valence-corrected chi connectivity index (χ1v) is 5.12. The molecule has 0 atom stereocenters. The third-order valence-electron chi connectivity index (χ3n) is 2.03. The van der Waals surface area contributed by atoms with Crippen molar-refractivity contribution in [3.8, 4) is 0 Å². The molecule has 0 aliphatic rings. The van der Waals surface area contributed by atoms with Crippen molar-refractivity contribution in [1.82, 2.24) is 15.1 Å². The minimum atomic E-state index is 0.671. The van der Waals surface area contributed by atoms with E-state index >= 15 is 0 Å². The van der Waals surface area contributed by atoms with Gasteiger partial charge in [-0.2, -0.15) is 5.10 Å². The summed E-state index contributed by atoms with van der Waals surface area (Å²) in [7, 11) is 0. The fourth-order valence-electron chi connectivity index (χ4n) is 1.28. The van der Waals surface area contributed by atoms with E-state index in [9.17, 15) is 0 Å². The normalized spacial score (nSPS) is 10.7. The zero-order valence-electron chi connectivity index (χ0n) is 8.19. The van der Waals surface area contributed by atoms with E-state index in [4.69, 9.17) is 16.0 Å². The minimum Gasteiger partial charge on any atom is -0.472 e. The molecule has 0 aliphatic carbocycles. The molecule has 2 rings (SSSR count). The SMILES string of the molecule is Clc1cnn(CCNCc2ccoc2)c1. The largest absolute Gasteiger partial charge is 0.472 e. The van der Waals surface area contributed by atoms with Crippen molar-refractivity contribution in [2.75, 3.05) is 6.54 Å². The van der Waals surface area contributed by atoms with Crippen LogP contribution in [0.2, 0.25) is 5.02 Å². The van der Waals surface area contributed by atoms with Gasteiger partial charge in [0.25, 0.3) is 0 Å². The van der Waals surface area contributed by atoms with Gasteiger partial charge in [-0.1, -0.05) is 11.6 Å². The Kier molecular flexibility index (Phi) is 3.42. The summed E-state index contributed by atoms with van der Waals surface area (Å²) in [6.07, 6.45) is 6.85. The van der Waals surface area contributed by atoms with E-state index in [1.54, 1.807) is 24.9 Å². The van der Waals surface area contributed by atoms with Gasteiger partial charge in [-0.15, -0.1) is 0 Å². The Labute approximate surface area is 92.8 Å². The van der Waals surface area contributed by atoms with Crippen LogP contribution in [0.25, 0.3) is 0 Å². The first-order chi connectivity index (χ1) is 7.34. The highest BCUT2D eigenvalue weighted by Crippen LogP contribution is 2.04. The van der Waals surface area contributed by atoms with E-state index in [2.05, 4.69) is 10.4 Å². The van der Waals surface area contributed by atoms with Crippen LogP contribution in [0, 0.1) is 0 Å². The Hall–Kier alpha value is -1.26. The summed E-state index contributed by atoms with van der Waals surface area (Å²) in [5.41, 5.74) is 1.15. The van der Waals surface area contributed by atoms with E-state index in [0.29, 0.717) is 5.02 Å². The second-order valence-corrected chi connectivity index (χ2v) is 3.67. The van der Waals surface area contributed by atoms with Crippen LogP contribution in [-0.4, -0.2) is 16.3 Å². The van der Waals surface area contributed by atoms with Gasteiger partial charge in [0, 0.05) is 24.8 Å². The average Bonchev–Trinajstić information content (AvgIpc) is 2.84. The number of nitrogens with zero attached hydrogens (tertiary/aromatic N) is 2. The van der Waals surface area contributed by atoms with E-state index in [1.165, 1.54) is 0 Å². The van der Waals surface area contributed by atoms with Crippen molar-refractivity contribution in [1.29, 1.82) is 0 Å². The highest BCUT2D eigenvalue weighted by atomic mass is 35.5. The van der Waals surface area contributed by atoms with Crippen molar-refractivity contribution >= 4 is 11.6 Å². The van der Waals surface area contributed by atoms with Gasteiger partial charge in [0.1, 0.15) is 0 Å². The Morgan fingerprint density at radius 3 is 3.13 bits per heavy atom. The van der Waals surface area contributed by atoms with Crippen LogP contribution in [0.4, 0.5) is 0 Å². The van der Waals surface area contributed by atoms with Gasteiger partial charge in [-0.25, -0.2) is 0 Å². The van der Waals surface area contributed by atoms with Gasteiger partial charge < -0.3 is 9.73 Å². The molecular formula is C10H12ClN3O. The van der Waals surface area contributed by atoms with Gasteiger partial charge in [-0.3, -0.25) is 4.68 Å². The van der Waals surface area contributed by atoms with Crippen LogP contribution < -0.4 is 5.32 Å². The van der Waals surface area contributed by atoms with Crippen LogP contribution in [0.15, 0.2) is 35.4 Å². The summed E-state index contributed by atoms with van der Waals surface area (Å²) in [4.78, 5) is 0. The molecule has 2 aromatic heterocycles. The van der Waals surface area contributed by atoms with E-state index < -0.39 is 0 Å². The Bertz CT molecular complexity index is 396. The Morgan fingerprint density at radius 1 is 1.53 bits per heavy atom. The fraction of sp³-hybridized carbons (Fsp3) is 0.300. The Balaban J connectivity index is 1.67. The number of aromatic nitrogens is 2. The molecular weight excluding hydrogens is 214 g/mol. The number of rotatable bonds is 5. The topological polar surface area (TPSA) is 43.0 Å². The van der Waals surface area contributed by atoms with Crippen molar-refractivity contribution in [3.63, 3.8) is 0 Å². The summed E-state index contributed by atoms with van der Waals surface area (Å²) in [5, 5.41) is 8.03. The molecule has 0 saturated heterocycles. The summed E-state index contributed by atoms with van der Waals surface area (Å²) in [6, 6.07) is 1.94. The average molecular weight is 226 g/mol. The maximum absolute atomic E-state index is 5.74. The van der Waals surface area contributed by atoms with Crippen LogP contribution in [0.3, 0.4) is 0 Å². The molecule has 0 saturated carbocycles. The maximum atomic E-state index is 5.74. The number of nitrogens with one attached hydrogen (secondary N) is 1. The molecule has 0 aromatic carbocycles. The van der Waals surface area contributed by atoms with Crippen molar-refractivity contribution in [2.24, 2.45) is 0 Å². The zero-order valence-corrected chi connectivity index (χ0v) is 8.94. The second kappa shape index (κ2) is 5.00. The summed E-state index contributed by atoms with van der Waals surface area (Å²) in [5.74, 6) is 0. The lowest BCUT2D eigenvalue weighted by Crippen LogP contribution is -2.19. The predicted octanol–water partition coefficient (Wildman–Crippen LogP) is 1.92. The van der Waals surface area contributed by atoms with Crippen molar-refractivity contribution in [2.45, 2.75) is 13.1 Å². The standard InChI is InChI=1S/C10H12ClN3O/c11-10-6-13-14(7-10)3-2-12-5-9-1-4-15-8-9/h1,4,6-8,12H,2-3,5H2. The van der Waals surface area contributed by atoms with E-state index in [0.717, 1.165) is 25.2 Å². The number of hydrogen-bond acceptors (Lipinski definition) is 3. The molecule has 0 unspecified atom stereocenters. The molecule has 4 nitrogen and oxygen atoms in total. The monoisotopic (exact) mass is 225 g/mol. The molecule has 0 fully saturated rings. The van der Waals surface area contributed by atoms with Gasteiger partial charge in [-0.05, 0) is 6.07 Å². The smallest absolute Gasteiger partial charge is 0.0947 e. The van der Waals surface area contributed by atoms with Crippen LogP contribution >= 0.6 is 11.6 Å². The molecule has 2 heterocycles. The third-order valence-corrected chi connectivity index (χ3v) is 2.22. The first kappa shape index (κ1) is 10.3. The van der Waals surface area contributed by atoms with Crippen molar-refractivity contribution in [3.05, 3.63) is 41.6 Å². The second-order valence-electron chi connectivity index (χ2n) is 3.23.